The molecule has 58 valence electrons. The van der Waals surface area contributed by atoms with Crippen LogP contribution in [-0.4, -0.2) is 13.6 Å². The van der Waals surface area contributed by atoms with Crippen LogP contribution in [0.4, 0.5) is 11.4 Å². The van der Waals surface area contributed by atoms with Gasteiger partial charge in [0.1, 0.15) is 0 Å². The molecule has 0 aromatic heterocycles. The molecule has 0 saturated heterocycles. The van der Waals surface area contributed by atoms with Crippen molar-refractivity contribution >= 4 is 11.4 Å². The van der Waals surface area contributed by atoms with E-state index in [0.29, 0.717) is 0 Å². The Labute approximate surface area is 66.6 Å². The lowest BCUT2D eigenvalue weighted by Gasteiger charge is -2.05. The smallest absolute Gasteiger partial charge is 0.0394 e. The van der Waals surface area contributed by atoms with Gasteiger partial charge in [-0.1, -0.05) is 6.07 Å². The molecule has 0 bridgehead atoms. The van der Waals surface area contributed by atoms with Crippen molar-refractivity contribution in [3.63, 3.8) is 0 Å². The molecule has 0 atom stereocenters. The van der Waals surface area contributed by atoms with E-state index in [9.17, 15) is 0 Å². The van der Waals surface area contributed by atoms with Crippen LogP contribution in [0.25, 0.3) is 0 Å². The Morgan fingerprint density at radius 2 is 2.36 bits per heavy atom. The van der Waals surface area contributed by atoms with E-state index in [2.05, 4.69) is 28.8 Å². The lowest BCUT2D eigenvalue weighted by Crippen LogP contribution is -1.92. The molecule has 0 amide bonds. The van der Waals surface area contributed by atoms with Crippen LogP contribution in [-0.2, 0) is 6.42 Å². The minimum Gasteiger partial charge on any atom is -0.388 e. The quantitative estimate of drug-likeness (QED) is 0.633. The Balaban J connectivity index is 2.50. The SMILES string of the molecule is CNc1cccc2c1CCN2. The average molecular weight is 148 g/mol. The molecule has 2 N–H and O–H groups in total. The zero-order valence-electron chi connectivity index (χ0n) is 6.65. The van der Waals surface area contributed by atoms with E-state index in [1.54, 1.807) is 0 Å². The maximum Gasteiger partial charge on any atom is 0.0394 e. The fourth-order valence-electron chi connectivity index (χ4n) is 1.58. The summed E-state index contributed by atoms with van der Waals surface area (Å²) >= 11 is 0. The molecule has 1 aliphatic rings. The van der Waals surface area contributed by atoms with Crippen molar-refractivity contribution in [2.45, 2.75) is 6.42 Å². The first-order valence-corrected chi connectivity index (χ1v) is 3.95. The Bertz CT molecular complexity index is 268. The van der Waals surface area contributed by atoms with Crippen molar-refractivity contribution < 1.29 is 0 Å². The van der Waals surface area contributed by atoms with Crippen LogP contribution in [0.1, 0.15) is 5.56 Å². The second-order valence-electron chi connectivity index (χ2n) is 2.76. The molecule has 2 nitrogen and oxygen atoms in total. The number of nitrogens with one attached hydrogen (secondary N) is 2. The van der Waals surface area contributed by atoms with Gasteiger partial charge < -0.3 is 10.6 Å². The van der Waals surface area contributed by atoms with Crippen LogP contribution in [0.3, 0.4) is 0 Å². The van der Waals surface area contributed by atoms with Gasteiger partial charge in [0.25, 0.3) is 0 Å². The highest BCUT2D eigenvalue weighted by molar-refractivity contribution is 5.68. The highest BCUT2D eigenvalue weighted by Gasteiger charge is 2.11. The van der Waals surface area contributed by atoms with Crippen molar-refractivity contribution in [2.24, 2.45) is 0 Å². The van der Waals surface area contributed by atoms with Crippen molar-refractivity contribution in [1.29, 1.82) is 0 Å². The van der Waals surface area contributed by atoms with Crippen LogP contribution >= 0.6 is 0 Å². The topological polar surface area (TPSA) is 24.1 Å². The summed E-state index contributed by atoms with van der Waals surface area (Å²) < 4.78 is 0. The summed E-state index contributed by atoms with van der Waals surface area (Å²) in [5, 5.41) is 6.52. The molecule has 2 rings (SSSR count). The average Bonchev–Trinajstić information content (AvgIpc) is 2.50. The summed E-state index contributed by atoms with van der Waals surface area (Å²) in [7, 11) is 1.97. The summed E-state index contributed by atoms with van der Waals surface area (Å²) in [6.45, 7) is 1.08. The minimum atomic E-state index is 1.08. The van der Waals surface area contributed by atoms with Gasteiger partial charge in [-0.05, 0) is 18.6 Å². The Kier molecular flexibility index (Phi) is 1.46. The number of anilines is 2. The van der Waals surface area contributed by atoms with Crippen LogP contribution < -0.4 is 10.6 Å². The lowest BCUT2D eigenvalue weighted by molar-refractivity contribution is 1.10. The van der Waals surface area contributed by atoms with Crippen LogP contribution in [0.2, 0.25) is 0 Å². The third-order valence-electron chi connectivity index (χ3n) is 2.14. The molecule has 0 saturated carbocycles. The lowest BCUT2D eigenvalue weighted by atomic mass is 10.1. The van der Waals surface area contributed by atoms with Crippen molar-refractivity contribution in [1.82, 2.24) is 0 Å². The molecule has 0 spiro atoms. The predicted molar refractivity (Wildman–Crippen MR) is 48.2 cm³/mol. The second kappa shape index (κ2) is 2.46. The molecule has 1 aromatic rings. The molecular weight excluding hydrogens is 136 g/mol. The van der Waals surface area contributed by atoms with Gasteiger partial charge in [0.2, 0.25) is 0 Å². The Morgan fingerprint density at radius 1 is 1.45 bits per heavy atom. The van der Waals surface area contributed by atoms with Gasteiger partial charge in [-0.15, -0.1) is 0 Å². The number of hydrogen-bond acceptors (Lipinski definition) is 2. The largest absolute Gasteiger partial charge is 0.388 e. The molecule has 0 unspecified atom stereocenters. The molecule has 1 aromatic carbocycles. The minimum absolute atomic E-state index is 1.08. The fraction of sp³-hybridized carbons (Fsp3) is 0.333. The highest BCUT2D eigenvalue weighted by Crippen LogP contribution is 2.28. The standard InChI is InChI=1S/C9H12N2/c1-10-8-3-2-4-9-7(8)5-6-11-9/h2-4,10-11H,5-6H2,1H3. The van der Waals surface area contributed by atoms with E-state index < -0.39 is 0 Å². The van der Waals surface area contributed by atoms with E-state index in [1.165, 1.54) is 16.9 Å². The third kappa shape index (κ3) is 0.946. The van der Waals surface area contributed by atoms with Crippen LogP contribution in [0, 0.1) is 0 Å². The van der Waals surface area contributed by atoms with E-state index in [4.69, 9.17) is 0 Å². The van der Waals surface area contributed by atoms with Gasteiger partial charge in [-0.25, -0.2) is 0 Å². The van der Waals surface area contributed by atoms with Gasteiger partial charge in [0.15, 0.2) is 0 Å². The zero-order chi connectivity index (χ0) is 7.68. The van der Waals surface area contributed by atoms with Crippen molar-refractivity contribution in [3.05, 3.63) is 23.8 Å². The predicted octanol–water partition coefficient (Wildman–Crippen LogP) is 1.70. The highest BCUT2D eigenvalue weighted by atomic mass is 14.9. The summed E-state index contributed by atoms with van der Waals surface area (Å²) in [5.41, 5.74) is 3.97. The maximum atomic E-state index is 3.33. The fourth-order valence-corrected chi connectivity index (χ4v) is 1.58. The summed E-state index contributed by atoms with van der Waals surface area (Å²) in [5.74, 6) is 0. The number of hydrogen-bond donors (Lipinski definition) is 2. The molecule has 0 radical (unpaired) electrons. The van der Waals surface area contributed by atoms with E-state index in [-0.39, 0.29) is 0 Å². The van der Waals surface area contributed by atoms with E-state index in [0.717, 1.165) is 13.0 Å². The first kappa shape index (κ1) is 6.53. The van der Waals surface area contributed by atoms with Gasteiger partial charge >= 0.3 is 0 Å². The number of rotatable bonds is 1. The molecule has 2 heteroatoms. The van der Waals surface area contributed by atoms with Gasteiger partial charge in [0, 0.05) is 30.5 Å². The zero-order valence-corrected chi connectivity index (χ0v) is 6.65. The third-order valence-corrected chi connectivity index (χ3v) is 2.14. The first-order chi connectivity index (χ1) is 5.42. The Hall–Kier alpha value is -1.18. The summed E-state index contributed by atoms with van der Waals surface area (Å²) in [6, 6.07) is 6.32. The molecule has 11 heavy (non-hydrogen) atoms. The molecule has 1 aliphatic heterocycles. The first-order valence-electron chi connectivity index (χ1n) is 3.95. The van der Waals surface area contributed by atoms with Crippen LogP contribution in [0.5, 0.6) is 0 Å². The number of benzene rings is 1. The van der Waals surface area contributed by atoms with Gasteiger partial charge in [0.05, 0.1) is 0 Å². The normalized spacial score (nSPS) is 13.9. The van der Waals surface area contributed by atoms with E-state index in [1.807, 2.05) is 7.05 Å². The maximum absolute atomic E-state index is 3.33. The summed E-state index contributed by atoms with van der Waals surface area (Å²) in [4.78, 5) is 0. The van der Waals surface area contributed by atoms with Crippen molar-refractivity contribution in [2.75, 3.05) is 24.2 Å². The van der Waals surface area contributed by atoms with Gasteiger partial charge in [-0.2, -0.15) is 0 Å². The van der Waals surface area contributed by atoms with E-state index >= 15 is 0 Å². The molecule has 0 aliphatic carbocycles. The second-order valence-corrected chi connectivity index (χ2v) is 2.76. The molecule has 1 heterocycles. The van der Waals surface area contributed by atoms with Crippen LogP contribution in [0.15, 0.2) is 18.2 Å². The van der Waals surface area contributed by atoms with Gasteiger partial charge in [-0.3, -0.25) is 0 Å². The molecular formula is C9H12N2. The Morgan fingerprint density at radius 3 is 3.18 bits per heavy atom. The monoisotopic (exact) mass is 148 g/mol. The summed E-state index contributed by atoms with van der Waals surface area (Å²) in [6.07, 6.45) is 1.15. The number of fused-ring (bicyclic) bond motifs is 1. The molecule has 0 fully saturated rings. The van der Waals surface area contributed by atoms with Crippen molar-refractivity contribution in [3.8, 4) is 0 Å².